The van der Waals surface area contributed by atoms with Gasteiger partial charge in [0.15, 0.2) is 6.29 Å². The minimum atomic E-state index is -1.78. The van der Waals surface area contributed by atoms with Crippen LogP contribution in [0.2, 0.25) is 18.1 Å². The lowest BCUT2D eigenvalue weighted by Gasteiger charge is -2.37. The lowest BCUT2D eigenvalue weighted by molar-refractivity contribution is 0.112. The maximum Gasteiger partial charge on any atom is 0.153 e. The van der Waals surface area contributed by atoms with Crippen LogP contribution in [0.4, 0.5) is 0 Å². The molecule has 16 heavy (non-hydrogen) atoms. The Hall–Kier alpha value is -1.09. The summed E-state index contributed by atoms with van der Waals surface area (Å²) in [5.74, 6) is 0.170. The lowest BCUT2D eigenvalue weighted by Crippen LogP contribution is -2.49. The van der Waals surface area contributed by atoms with E-state index in [4.69, 9.17) is 0 Å². The highest BCUT2D eigenvalue weighted by atomic mass is 28.3. The molecule has 0 spiro atoms. The molecule has 0 radical (unpaired) electrons. The van der Waals surface area contributed by atoms with Gasteiger partial charge in [-0.25, -0.2) is 0 Å². The van der Waals surface area contributed by atoms with Crippen LogP contribution >= 0.6 is 0 Å². The van der Waals surface area contributed by atoms with Gasteiger partial charge in [0.05, 0.1) is 13.6 Å². The van der Waals surface area contributed by atoms with Crippen molar-refractivity contribution in [2.45, 2.75) is 38.9 Å². The van der Waals surface area contributed by atoms with E-state index in [2.05, 4.69) is 33.9 Å². The number of para-hydroxylation sites is 1. The molecule has 0 bridgehead atoms. The third kappa shape index (κ3) is 2.05. The summed E-state index contributed by atoms with van der Waals surface area (Å²) in [5.41, 5.74) is 0.391. The van der Waals surface area contributed by atoms with Crippen LogP contribution in [0.15, 0.2) is 18.2 Å². The van der Waals surface area contributed by atoms with E-state index in [0.29, 0.717) is 11.8 Å². The first-order chi connectivity index (χ1) is 7.21. The van der Waals surface area contributed by atoms with Gasteiger partial charge in [-0.15, -0.1) is 0 Å². The number of hydrogen-bond donors (Lipinski definition) is 1. The minimum absolute atomic E-state index is 0.145. The van der Waals surface area contributed by atoms with E-state index in [1.165, 1.54) is 0 Å². The molecule has 1 N–H and O–H groups in total. The fourth-order valence-corrected chi connectivity index (χ4v) is 3.62. The first-order valence-corrected chi connectivity index (χ1v) is 8.49. The topological polar surface area (TPSA) is 37.3 Å². The molecule has 0 saturated heterocycles. The number of benzene rings is 1. The quantitative estimate of drug-likeness (QED) is 0.633. The zero-order valence-corrected chi connectivity index (χ0v) is 11.7. The van der Waals surface area contributed by atoms with Crippen LogP contribution in [0.1, 0.15) is 31.1 Å². The van der Waals surface area contributed by atoms with Crippen molar-refractivity contribution in [1.82, 2.24) is 0 Å². The molecule has 1 aromatic rings. The van der Waals surface area contributed by atoms with Crippen LogP contribution in [0.5, 0.6) is 5.75 Å². The van der Waals surface area contributed by atoms with Gasteiger partial charge < -0.3 is 5.11 Å². The van der Waals surface area contributed by atoms with Crippen LogP contribution in [-0.4, -0.2) is 19.5 Å². The number of hydrogen-bond acceptors (Lipinski definition) is 2. The molecule has 88 valence electrons. The van der Waals surface area contributed by atoms with Crippen molar-refractivity contribution in [2.75, 3.05) is 0 Å². The molecule has 0 unspecified atom stereocenters. The SMILES string of the molecule is CC(C)(C)[Si](C)(C)c1cccc(C=O)c1O. The van der Waals surface area contributed by atoms with Gasteiger partial charge in [-0.2, -0.15) is 0 Å². The molecular formula is C13H20O2Si. The summed E-state index contributed by atoms with van der Waals surface area (Å²) in [6, 6.07) is 5.44. The van der Waals surface area contributed by atoms with Crippen molar-refractivity contribution in [1.29, 1.82) is 0 Å². The molecule has 0 amide bonds. The third-order valence-corrected chi connectivity index (χ3v) is 9.24. The van der Waals surface area contributed by atoms with Crippen LogP contribution in [0.25, 0.3) is 0 Å². The Labute approximate surface area is 98.3 Å². The van der Waals surface area contributed by atoms with Gasteiger partial charge in [0, 0.05) is 0 Å². The zero-order valence-electron chi connectivity index (χ0n) is 10.7. The van der Waals surface area contributed by atoms with Crippen molar-refractivity contribution in [3.8, 4) is 5.75 Å². The molecular weight excluding hydrogens is 216 g/mol. The third-order valence-electron chi connectivity index (χ3n) is 3.74. The van der Waals surface area contributed by atoms with Gasteiger partial charge in [-0.05, 0) is 16.3 Å². The summed E-state index contributed by atoms with van der Waals surface area (Å²) in [6.45, 7) is 11.0. The van der Waals surface area contributed by atoms with E-state index < -0.39 is 8.07 Å². The molecule has 2 nitrogen and oxygen atoms in total. The van der Waals surface area contributed by atoms with Crippen molar-refractivity contribution in [3.05, 3.63) is 23.8 Å². The van der Waals surface area contributed by atoms with E-state index in [1.54, 1.807) is 6.07 Å². The van der Waals surface area contributed by atoms with Crippen LogP contribution in [0.3, 0.4) is 0 Å². The number of carbonyl (C=O) groups excluding carboxylic acids is 1. The number of aldehydes is 1. The van der Waals surface area contributed by atoms with Gasteiger partial charge >= 0.3 is 0 Å². The average molecular weight is 236 g/mol. The second-order valence-electron chi connectivity index (χ2n) is 5.74. The Bertz CT molecular complexity index is 403. The second-order valence-corrected chi connectivity index (χ2v) is 11.0. The van der Waals surface area contributed by atoms with Gasteiger partial charge in [0.1, 0.15) is 5.75 Å². The Morgan fingerprint density at radius 3 is 2.25 bits per heavy atom. The summed E-state index contributed by atoms with van der Waals surface area (Å²) in [6.07, 6.45) is 0.714. The highest BCUT2D eigenvalue weighted by Gasteiger charge is 2.38. The maximum absolute atomic E-state index is 10.8. The molecule has 0 atom stereocenters. The Kier molecular flexibility index (Phi) is 3.29. The van der Waals surface area contributed by atoms with E-state index >= 15 is 0 Å². The van der Waals surface area contributed by atoms with Crippen molar-refractivity contribution in [3.63, 3.8) is 0 Å². The summed E-state index contributed by atoms with van der Waals surface area (Å²) in [4.78, 5) is 10.8. The summed E-state index contributed by atoms with van der Waals surface area (Å²) < 4.78 is 0. The summed E-state index contributed by atoms with van der Waals surface area (Å²) in [7, 11) is -1.78. The number of phenolic OH excluding ortho intramolecular Hbond substituents is 1. The minimum Gasteiger partial charge on any atom is -0.507 e. The van der Waals surface area contributed by atoms with Gasteiger partial charge in [0.2, 0.25) is 0 Å². The molecule has 1 rings (SSSR count). The van der Waals surface area contributed by atoms with Crippen LogP contribution in [-0.2, 0) is 0 Å². The van der Waals surface area contributed by atoms with Crippen molar-refractivity contribution < 1.29 is 9.90 Å². The molecule has 3 heteroatoms. The van der Waals surface area contributed by atoms with Gasteiger partial charge in [-0.3, -0.25) is 4.79 Å². The van der Waals surface area contributed by atoms with Crippen LogP contribution < -0.4 is 5.19 Å². The fraction of sp³-hybridized carbons (Fsp3) is 0.462. The molecule has 0 aromatic heterocycles. The zero-order chi connectivity index (χ0) is 12.6. The molecule has 1 aromatic carbocycles. The highest BCUT2D eigenvalue weighted by molar-refractivity contribution is 6.92. The average Bonchev–Trinajstić information content (AvgIpc) is 2.16. The monoisotopic (exact) mass is 236 g/mol. The molecule has 0 saturated carbocycles. The van der Waals surface area contributed by atoms with Gasteiger partial charge in [-0.1, -0.05) is 46.0 Å². The fourth-order valence-electron chi connectivity index (χ4n) is 1.56. The lowest BCUT2D eigenvalue weighted by atomic mass is 10.2. The molecule has 0 aliphatic heterocycles. The molecule has 0 heterocycles. The van der Waals surface area contributed by atoms with Crippen molar-refractivity contribution in [2.24, 2.45) is 0 Å². The van der Waals surface area contributed by atoms with Crippen LogP contribution in [0, 0.1) is 0 Å². The first-order valence-electron chi connectivity index (χ1n) is 5.49. The highest BCUT2D eigenvalue weighted by Crippen LogP contribution is 2.37. The van der Waals surface area contributed by atoms with Crippen molar-refractivity contribution >= 4 is 19.5 Å². The molecule has 0 aliphatic rings. The van der Waals surface area contributed by atoms with Gasteiger partial charge in [0.25, 0.3) is 0 Å². The van der Waals surface area contributed by atoms with E-state index in [1.807, 2.05) is 12.1 Å². The second kappa shape index (κ2) is 4.05. The summed E-state index contributed by atoms with van der Waals surface area (Å²) in [5, 5.41) is 11.2. The Morgan fingerprint density at radius 1 is 1.25 bits per heavy atom. The Morgan fingerprint density at radius 2 is 1.81 bits per heavy atom. The smallest absolute Gasteiger partial charge is 0.153 e. The van der Waals surface area contributed by atoms with E-state index in [0.717, 1.165) is 5.19 Å². The maximum atomic E-state index is 10.8. The number of phenols is 1. The predicted octanol–water partition coefficient (Wildman–Crippen LogP) is 2.92. The summed E-state index contributed by atoms with van der Waals surface area (Å²) >= 11 is 0. The largest absolute Gasteiger partial charge is 0.507 e. The number of aromatic hydroxyl groups is 1. The number of carbonyl (C=O) groups is 1. The molecule has 0 aliphatic carbocycles. The van der Waals surface area contributed by atoms with E-state index in [-0.39, 0.29) is 10.8 Å². The standard InChI is InChI=1S/C13H20O2Si/c1-13(2,3)16(4,5)11-8-6-7-10(9-14)12(11)15/h6-9,15H,1-5H3. The predicted molar refractivity (Wildman–Crippen MR) is 70.3 cm³/mol. The number of rotatable bonds is 2. The normalized spacial score (nSPS) is 12.6. The molecule has 0 fully saturated rings. The first kappa shape index (κ1) is 13.0. The van der Waals surface area contributed by atoms with E-state index in [9.17, 15) is 9.90 Å². The Balaban J connectivity index is 3.39.